The number of carbonyl (C=O) groups is 1. The number of piperidine rings is 2. The minimum atomic E-state index is -3.52. The molecule has 0 radical (unpaired) electrons. The molecule has 0 aromatic heterocycles. The van der Waals surface area contributed by atoms with E-state index in [1.54, 1.807) is 12.1 Å². The number of hydrogen-bond acceptors (Lipinski definition) is 5. The van der Waals surface area contributed by atoms with Gasteiger partial charge in [-0.3, -0.25) is 9.69 Å². The van der Waals surface area contributed by atoms with Crippen molar-refractivity contribution in [1.29, 1.82) is 0 Å². The Hall–Kier alpha value is -1.64. The van der Waals surface area contributed by atoms with E-state index in [2.05, 4.69) is 21.9 Å². The molecule has 27 heavy (non-hydrogen) atoms. The molecule has 7 nitrogen and oxygen atoms in total. The number of anilines is 1. The molecule has 0 aliphatic carbocycles. The van der Waals surface area contributed by atoms with Gasteiger partial charge < -0.3 is 10.2 Å². The molecule has 1 atom stereocenters. The Morgan fingerprint density at radius 3 is 2.70 bits per heavy atom. The lowest BCUT2D eigenvalue weighted by Gasteiger charge is -2.45. The second-order valence-corrected chi connectivity index (χ2v) is 9.82. The number of rotatable bonds is 2. The summed E-state index contributed by atoms with van der Waals surface area (Å²) in [4.78, 5) is 17.0. The van der Waals surface area contributed by atoms with Crippen LogP contribution in [0.5, 0.6) is 0 Å². The molecule has 3 heterocycles. The number of likely N-dealkylation sites (tertiary alicyclic amines) is 2. The van der Waals surface area contributed by atoms with E-state index in [1.807, 2.05) is 17.0 Å². The molecule has 1 aromatic rings. The van der Waals surface area contributed by atoms with Crippen LogP contribution in [0.15, 0.2) is 29.2 Å². The summed E-state index contributed by atoms with van der Waals surface area (Å²) < 4.78 is 28.1. The van der Waals surface area contributed by atoms with Gasteiger partial charge in [-0.05, 0) is 43.7 Å². The minimum Gasteiger partial charge on any atom is -0.365 e. The van der Waals surface area contributed by atoms with E-state index in [1.165, 1.54) is 6.42 Å². The van der Waals surface area contributed by atoms with E-state index in [9.17, 15) is 13.2 Å². The number of fused-ring (bicyclic) bond motifs is 1. The maximum atomic E-state index is 12.6. The Labute approximate surface area is 161 Å². The first-order valence-electron chi connectivity index (χ1n) is 9.78. The average molecular weight is 393 g/mol. The van der Waals surface area contributed by atoms with Crippen molar-refractivity contribution in [1.82, 2.24) is 14.5 Å². The minimum absolute atomic E-state index is 0.194. The van der Waals surface area contributed by atoms with Gasteiger partial charge in [-0.25, -0.2) is 8.42 Å². The summed E-state index contributed by atoms with van der Waals surface area (Å²) in [5, 5.41) is 3.40. The molecule has 148 valence electrons. The molecule has 2 N–H and O–H groups in total. The topological polar surface area (TPSA) is 81.8 Å². The van der Waals surface area contributed by atoms with Crippen molar-refractivity contribution < 1.29 is 13.2 Å². The third kappa shape index (κ3) is 3.83. The zero-order valence-electron chi connectivity index (χ0n) is 15.8. The Kier molecular flexibility index (Phi) is 4.90. The molecule has 1 unspecified atom stereocenters. The normalized spacial score (nSPS) is 27.0. The van der Waals surface area contributed by atoms with Gasteiger partial charge in [-0.1, -0.05) is 19.1 Å². The first-order valence-corrected chi connectivity index (χ1v) is 11.3. The van der Waals surface area contributed by atoms with Crippen LogP contribution in [0, 0.1) is 5.92 Å². The third-order valence-electron chi connectivity index (χ3n) is 5.96. The van der Waals surface area contributed by atoms with Crippen LogP contribution in [-0.4, -0.2) is 62.5 Å². The SMILES string of the molecule is CC1CCCN(C(=O)CN2CCC3(CC2)Nc2ccccc2S(=O)(=O)N3)C1. The smallest absolute Gasteiger partial charge is 0.244 e. The Morgan fingerprint density at radius 1 is 1.22 bits per heavy atom. The van der Waals surface area contributed by atoms with Gasteiger partial charge in [0.2, 0.25) is 15.9 Å². The van der Waals surface area contributed by atoms with E-state index in [0.717, 1.165) is 19.5 Å². The quantitative estimate of drug-likeness (QED) is 0.796. The van der Waals surface area contributed by atoms with Crippen molar-refractivity contribution in [2.45, 2.75) is 43.2 Å². The Balaban J connectivity index is 1.39. The van der Waals surface area contributed by atoms with Crippen LogP contribution in [0.1, 0.15) is 32.6 Å². The van der Waals surface area contributed by atoms with Crippen LogP contribution in [0.3, 0.4) is 0 Å². The highest BCUT2D eigenvalue weighted by Gasteiger charge is 2.43. The molecule has 4 rings (SSSR count). The molecule has 8 heteroatoms. The highest BCUT2D eigenvalue weighted by Crippen LogP contribution is 2.34. The lowest BCUT2D eigenvalue weighted by molar-refractivity contribution is -0.134. The van der Waals surface area contributed by atoms with Gasteiger partial charge >= 0.3 is 0 Å². The monoisotopic (exact) mass is 392 g/mol. The fraction of sp³-hybridized carbons (Fsp3) is 0.632. The predicted molar refractivity (Wildman–Crippen MR) is 104 cm³/mol. The van der Waals surface area contributed by atoms with Gasteiger partial charge in [0.05, 0.1) is 12.2 Å². The standard InChI is InChI=1S/C19H28N4O3S/c1-15-5-4-10-23(13-15)18(24)14-22-11-8-19(9-12-22)20-16-6-2-3-7-17(16)27(25,26)21-19/h2-3,6-7,15,20-21H,4-5,8-14H2,1H3. The molecule has 3 aliphatic heterocycles. The van der Waals surface area contributed by atoms with E-state index in [4.69, 9.17) is 0 Å². The Bertz CT molecular complexity index is 818. The molecule has 1 spiro atoms. The number of sulfonamides is 1. The number of carbonyl (C=O) groups excluding carboxylic acids is 1. The van der Waals surface area contributed by atoms with E-state index < -0.39 is 15.7 Å². The zero-order chi connectivity index (χ0) is 19.1. The predicted octanol–water partition coefficient (Wildman–Crippen LogP) is 1.44. The second-order valence-electron chi connectivity index (χ2n) is 8.17. The molecule has 2 saturated heterocycles. The number of amides is 1. The van der Waals surface area contributed by atoms with Crippen molar-refractivity contribution in [3.63, 3.8) is 0 Å². The summed E-state index contributed by atoms with van der Waals surface area (Å²) in [6, 6.07) is 7.00. The fourth-order valence-corrected chi connectivity index (χ4v) is 5.97. The number of nitrogens with one attached hydrogen (secondary N) is 2. The number of benzene rings is 1. The van der Waals surface area contributed by atoms with Gasteiger partial charge in [0.15, 0.2) is 0 Å². The maximum Gasteiger partial charge on any atom is 0.244 e. The summed E-state index contributed by atoms with van der Waals surface area (Å²) >= 11 is 0. The van der Waals surface area contributed by atoms with Gasteiger partial charge in [-0.2, -0.15) is 4.72 Å². The molecule has 1 aromatic carbocycles. The first kappa shape index (κ1) is 18.7. The van der Waals surface area contributed by atoms with Crippen molar-refractivity contribution in [3.8, 4) is 0 Å². The summed E-state index contributed by atoms with van der Waals surface area (Å²) in [6.07, 6.45) is 3.54. The third-order valence-corrected chi connectivity index (χ3v) is 7.55. The average Bonchev–Trinajstić information content (AvgIpc) is 2.63. The highest BCUT2D eigenvalue weighted by atomic mass is 32.2. The van der Waals surface area contributed by atoms with E-state index in [-0.39, 0.29) is 5.91 Å². The number of para-hydroxylation sites is 1. The van der Waals surface area contributed by atoms with Crippen molar-refractivity contribution >= 4 is 21.6 Å². The van der Waals surface area contributed by atoms with Crippen LogP contribution >= 0.6 is 0 Å². The zero-order valence-corrected chi connectivity index (χ0v) is 16.6. The van der Waals surface area contributed by atoms with Gasteiger partial charge in [-0.15, -0.1) is 0 Å². The van der Waals surface area contributed by atoms with Crippen LogP contribution in [0.4, 0.5) is 5.69 Å². The molecule has 0 saturated carbocycles. The summed E-state index contributed by atoms with van der Waals surface area (Å²) in [5.74, 6) is 0.772. The molecular weight excluding hydrogens is 364 g/mol. The van der Waals surface area contributed by atoms with Crippen molar-refractivity contribution in [3.05, 3.63) is 24.3 Å². The lowest BCUT2D eigenvalue weighted by atomic mass is 9.96. The molecule has 2 fully saturated rings. The fourth-order valence-electron chi connectivity index (χ4n) is 4.43. The summed E-state index contributed by atoms with van der Waals surface area (Å²) in [6.45, 7) is 5.71. The summed E-state index contributed by atoms with van der Waals surface area (Å²) in [5.41, 5.74) is -0.00471. The Morgan fingerprint density at radius 2 is 1.96 bits per heavy atom. The largest absolute Gasteiger partial charge is 0.365 e. The molecule has 3 aliphatic rings. The van der Waals surface area contributed by atoms with Gasteiger partial charge in [0.25, 0.3) is 0 Å². The van der Waals surface area contributed by atoms with Gasteiger partial charge in [0, 0.05) is 26.2 Å². The maximum absolute atomic E-state index is 12.6. The van der Waals surface area contributed by atoms with E-state index in [0.29, 0.717) is 49.0 Å². The second kappa shape index (κ2) is 7.07. The molecule has 1 amide bonds. The lowest BCUT2D eigenvalue weighted by Crippen LogP contribution is -2.62. The van der Waals surface area contributed by atoms with Crippen LogP contribution < -0.4 is 10.0 Å². The van der Waals surface area contributed by atoms with Crippen LogP contribution in [0.2, 0.25) is 0 Å². The van der Waals surface area contributed by atoms with Crippen LogP contribution in [-0.2, 0) is 14.8 Å². The first-order chi connectivity index (χ1) is 12.9. The number of nitrogens with zero attached hydrogens (tertiary/aromatic N) is 2. The molecule has 0 bridgehead atoms. The van der Waals surface area contributed by atoms with Crippen molar-refractivity contribution in [2.75, 3.05) is 38.0 Å². The summed E-state index contributed by atoms with van der Waals surface area (Å²) in [7, 11) is -3.52. The molecular formula is C19H28N4O3S. The van der Waals surface area contributed by atoms with Crippen LogP contribution in [0.25, 0.3) is 0 Å². The number of hydrogen-bond donors (Lipinski definition) is 2. The van der Waals surface area contributed by atoms with E-state index >= 15 is 0 Å². The highest BCUT2D eigenvalue weighted by molar-refractivity contribution is 7.89. The van der Waals surface area contributed by atoms with Gasteiger partial charge in [0.1, 0.15) is 10.6 Å². The van der Waals surface area contributed by atoms with Crippen molar-refractivity contribution in [2.24, 2.45) is 5.92 Å².